The minimum absolute atomic E-state index is 0.206. The molecule has 1 N–H and O–H groups in total. The number of aromatic nitrogens is 1. The number of hydrogen-bond donors (Lipinski definition) is 1. The van der Waals surface area contributed by atoms with Crippen LogP contribution in [0.4, 0.5) is 10.1 Å². The molecule has 1 aliphatic rings. The molecule has 0 atom stereocenters. The second-order valence-corrected chi connectivity index (χ2v) is 7.76. The Morgan fingerprint density at radius 3 is 2.54 bits per heavy atom. The van der Waals surface area contributed by atoms with Crippen LogP contribution in [0, 0.1) is 5.82 Å². The monoisotopic (exact) mass is 421 g/mol. The predicted octanol–water partition coefficient (Wildman–Crippen LogP) is 5.20. The lowest BCUT2D eigenvalue weighted by Gasteiger charge is -2.36. The third kappa shape index (κ3) is 4.22. The van der Waals surface area contributed by atoms with Crippen LogP contribution < -0.4 is 9.64 Å². The molecule has 0 saturated carbocycles. The molecule has 1 aliphatic heterocycles. The molecule has 0 spiro atoms. The number of aromatic amines is 1. The third-order valence-corrected chi connectivity index (χ3v) is 5.67. The van der Waals surface area contributed by atoms with Crippen molar-refractivity contribution in [3.8, 4) is 5.75 Å². The van der Waals surface area contributed by atoms with Crippen molar-refractivity contribution < 1.29 is 9.13 Å². The van der Waals surface area contributed by atoms with Gasteiger partial charge < -0.3 is 14.6 Å². The number of piperazine rings is 1. The number of fused-ring (bicyclic) bond motifs is 1. The molecule has 0 radical (unpaired) electrons. The lowest BCUT2D eigenvalue weighted by atomic mass is 10.1. The number of benzene rings is 2. The standard InChI is InChI=1S/C21H22Cl2FN3O/c22-17-13-15(24)14-18(23)21(17)28-12-2-7-26-8-10-27(11-9-26)20-4-1-3-19-16(20)5-6-25-19/h1,3-6,13-14,25H,2,7-12H2. The van der Waals surface area contributed by atoms with Gasteiger partial charge in [0.1, 0.15) is 5.82 Å². The molecule has 0 unspecified atom stereocenters. The lowest BCUT2D eigenvalue weighted by molar-refractivity contribution is 0.225. The summed E-state index contributed by atoms with van der Waals surface area (Å²) in [6, 6.07) is 11.0. The highest BCUT2D eigenvalue weighted by Crippen LogP contribution is 2.33. The Hall–Kier alpha value is -1.95. The van der Waals surface area contributed by atoms with Crippen molar-refractivity contribution in [2.45, 2.75) is 6.42 Å². The van der Waals surface area contributed by atoms with Gasteiger partial charge in [-0.05, 0) is 36.8 Å². The zero-order valence-electron chi connectivity index (χ0n) is 15.4. The summed E-state index contributed by atoms with van der Waals surface area (Å²) in [6.07, 6.45) is 2.85. The number of halogens is 3. The number of ether oxygens (including phenoxy) is 1. The predicted molar refractivity (Wildman–Crippen MR) is 113 cm³/mol. The van der Waals surface area contributed by atoms with Crippen LogP contribution in [0.5, 0.6) is 5.75 Å². The van der Waals surface area contributed by atoms with E-state index in [9.17, 15) is 4.39 Å². The first-order valence-corrected chi connectivity index (χ1v) is 10.2. The fourth-order valence-electron chi connectivity index (χ4n) is 3.69. The maximum absolute atomic E-state index is 13.2. The van der Waals surface area contributed by atoms with Gasteiger partial charge in [0.15, 0.2) is 5.75 Å². The van der Waals surface area contributed by atoms with Gasteiger partial charge in [0.2, 0.25) is 0 Å². The minimum atomic E-state index is -0.462. The Balaban J connectivity index is 1.25. The van der Waals surface area contributed by atoms with Crippen molar-refractivity contribution in [2.24, 2.45) is 0 Å². The Kier molecular flexibility index (Phi) is 5.95. The molecule has 4 nitrogen and oxygen atoms in total. The number of nitrogens with one attached hydrogen (secondary N) is 1. The molecule has 0 bridgehead atoms. The highest BCUT2D eigenvalue weighted by atomic mass is 35.5. The van der Waals surface area contributed by atoms with Crippen molar-refractivity contribution in [3.63, 3.8) is 0 Å². The van der Waals surface area contributed by atoms with Gasteiger partial charge in [0.25, 0.3) is 0 Å². The van der Waals surface area contributed by atoms with Gasteiger partial charge in [-0.25, -0.2) is 4.39 Å². The average Bonchev–Trinajstić information content (AvgIpc) is 3.16. The molecule has 1 fully saturated rings. The van der Waals surface area contributed by atoms with Gasteiger partial charge in [-0.3, -0.25) is 4.90 Å². The molecule has 2 heterocycles. The summed E-state index contributed by atoms with van der Waals surface area (Å²) in [5.74, 6) is -0.107. The van der Waals surface area contributed by atoms with Crippen LogP contribution in [-0.4, -0.2) is 49.2 Å². The van der Waals surface area contributed by atoms with Crippen molar-refractivity contribution in [3.05, 3.63) is 58.5 Å². The van der Waals surface area contributed by atoms with Crippen LogP contribution in [0.3, 0.4) is 0 Å². The van der Waals surface area contributed by atoms with E-state index < -0.39 is 5.82 Å². The SMILES string of the molecule is Fc1cc(Cl)c(OCCCN2CCN(c3cccc4[nH]ccc34)CC2)c(Cl)c1. The van der Waals surface area contributed by atoms with Crippen LogP contribution in [0.1, 0.15) is 6.42 Å². The van der Waals surface area contributed by atoms with E-state index in [0.717, 1.165) is 39.1 Å². The summed E-state index contributed by atoms with van der Waals surface area (Å²) >= 11 is 12.0. The van der Waals surface area contributed by atoms with Gasteiger partial charge in [-0.2, -0.15) is 0 Å². The second kappa shape index (κ2) is 8.60. The number of H-pyrrole nitrogens is 1. The first-order chi connectivity index (χ1) is 13.6. The lowest BCUT2D eigenvalue weighted by Crippen LogP contribution is -2.46. The molecule has 4 rings (SSSR count). The van der Waals surface area contributed by atoms with Crippen LogP contribution in [0.25, 0.3) is 10.9 Å². The van der Waals surface area contributed by atoms with E-state index in [1.165, 1.54) is 28.7 Å². The van der Waals surface area contributed by atoms with Crippen LogP contribution in [0.15, 0.2) is 42.6 Å². The summed E-state index contributed by atoms with van der Waals surface area (Å²) in [4.78, 5) is 8.16. The Morgan fingerprint density at radius 1 is 1.04 bits per heavy atom. The first-order valence-electron chi connectivity index (χ1n) is 9.42. The van der Waals surface area contributed by atoms with Gasteiger partial charge in [-0.1, -0.05) is 29.3 Å². The molecule has 1 aromatic heterocycles. The van der Waals surface area contributed by atoms with E-state index in [-0.39, 0.29) is 10.0 Å². The number of anilines is 1. The van der Waals surface area contributed by atoms with Crippen molar-refractivity contribution >= 4 is 39.8 Å². The molecule has 7 heteroatoms. The normalized spacial score (nSPS) is 15.3. The molecule has 0 amide bonds. The zero-order chi connectivity index (χ0) is 19.5. The maximum Gasteiger partial charge on any atom is 0.156 e. The fourth-order valence-corrected chi connectivity index (χ4v) is 4.26. The Labute approximate surface area is 173 Å². The molecular weight excluding hydrogens is 400 g/mol. The largest absolute Gasteiger partial charge is 0.490 e. The molecule has 3 aromatic rings. The molecule has 2 aromatic carbocycles. The zero-order valence-corrected chi connectivity index (χ0v) is 16.9. The minimum Gasteiger partial charge on any atom is -0.490 e. The average molecular weight is 422 g/mol. The Morgan fingerprint density at radius 2 is 1.79 bits per heavy atom. The van der Waals surface area contributed by atoms with Gasteiger partial charge in [-0.15, -0.1) is 0 Å². The quantitative estimate of drug-likeness (QED) is 0.554. The summed E-state index contributed by atoms with van der Waals surface area (Å²) < 4.78 is 18.9. The van der Waals surface area contributed by atoms with Gasteiger partial charge in [0.05, 0.1) is 16.7 Å². The summed E-state index contributed by atoms with van der Waals surface area (Å²) in [7, 11) is 0. The van der Waals surface area contributed by atoms with E-state index >= 15 is 0 Å². The van der Waals surface area contributed by atoms with Crippen LogP contribution in [-0.2, 0) is 0 Å². The number of nitrogens with zero attached hydrogens (tertiary/aromatic N) is 2. The Bertz CT molecular complexity index is 931. The molecule has 1 saturated heterocycles. The van der Waals surface area contributed by atoms with Gasteiger partial charge >= 0.3 is 0 Å². The molecule has 28 heavy (non-hydrogen) atoms. The molecular formula is C21H22Cl2FN3O. The van der Waals surface area contributed by atoms with Crippen molar-refractivity contribution in [1.29, 1.82) is 0 Å². The van der Waals surface area contributed by atoms with E-state index in [4.69, 9.17) is 27.9 Å². The van der Waals surface area contributed by atoms with E-state index in [1.807, 2.05) is 6.20 Å². The highest BCUT2D eigenvalue weighted by Gasteiger charge is 2.18. The second-order valence-electron chi connectivity index (χ2n) is 6.95. The van der Waals surface area contributed by atoms with E-state index in [2.05, 4.69) is 39.0 Å². The topological polar surface area (TPSA) is 31.5 Å². The van der Waals surface area contributed by atoms with Crippen LogP contribution in [0.2, 0.25) is 10.0 Å². The van der Waals surface area contributed by atoms with Crippen LogP contribution >= 0.6 is 23.2 Å². The summed E-state index contributed by atoms with van der Waals surface area (Å²) in [6.45, 7) is 5.46. The summed E-state index contributed by atoms with van der Waals surface area (Å²) in [5.41, 5.74) is 2.47. The maximum atomic E-state index is 13.2. The molecule has 148 valence electrons. The summed E-state index contributed by atoms with van der Waals surface area (Å²) in [5, 5.41) is 1.69. The van der Waals surface area contributed by atoms with Gasteiger partial charge in [0, 0.05) is 55.5 Å². The number of rotatable bonds is 6. The third-order valence-electron chi connectivity index (χ3n) is 5.11. The smallest absolute Gasteiger partial charge is 0.156 e. The van der Waals surface area contributed by atoms with Crippen molar-refractivity contribution in [1.82, 2.24) is 9.88 Å². The van der Waals surface area contributed by atoms with E-state index in [1.54, 1.807) is 0 Å². The first kappa shape index (κ1) is 19.4. The van der Waals surface area contributed by atoms with E-state index in [0.29, 0.717) is 12.4 Å². The number of hydrogen-bond acceptors (Lipinski definition) is 3. The highest BCUT2D eigenvalue weighted by molar-refractivity contribution is 6.37. The fraction of sp³-hybridized carbons (Fsp3) is 0.333. The molecule has 0 aliphatic carbocycles. The van der Waals surface area contributed by atoms with Crippen molar-refractivity contribution in [2.75, 3.05) is 44.2 Å².